The van der Waals surface area contributed by atoms with Gasteiger partial charge in [0.2, 0.25) is 5.91 Å². The molecule has 4 rings (SSSR count). The molecule has 0 N–H and O–H groups in total. The molecule has 2 aliphatic rings. The zero-order chi connectivity index (χ0) is 20.9. The molecule has 8 heteroatoms. The van der Waals surface area contributed by atoms with Crippen molar-refractivity contribution >= 4 is 29.0 Å². The van der Waals surface area contributed by atoms with Crippen molar-refractivity contribution in [2.45, 2.75) is 32.6 Å². The Hall–Kier alpha value is -2.48. The molecule has 0 atom stereocenters. The van der Waals surface area contributed by atoms with Gasteiger partial charge in [0.25, 0.3) is 0 Å². The van der Waals surface area contributed by atoms with Crippen LogP contribution in [0.2, 0.25) is 0 Å². The number of rotatable bonds is 5. The normalized spacial score (nSPS) is 18.4. The minimum absolute atomic E-state index is 0.0544. The number of thiophene rings is 1. The van der Waals surface area contributed by atoms with Crippen LogP contribution in [0.15, 0.2) is 29.6 Å². The first kappa shape index (κ1) is 20.8. The van der Waals surface area contributed by atoms with E-state index in [1.54, 1.807) is 11.3 Å². The van der Waals surface area contributed by atoms with Gasteiger partial charge in [0.1, 0.15) is 5.69 Å². The van der Waals surface area contributed by atoms with E-state index in [1.807, 2.05) is 41.5 Å². The van der Waals surface area contributed by atoms with Crippen LogP contribution in [0.5, 0.6) is 0 Å². The van der Waals surface area contributed by atoms with Gasteiger partial charge in [0.05, 0.1) is 17.4 Å². The number of hydrogen-bond donors (Lipinski definition) is 0. The third-order valence-electron chi connectivity index (χ3n) is 6.02. The third kappa shape index (κ3) is 4.64. The number of nitrogens with zero attached hydrogens (tertiary/aromatic N) is 4. The predicted octanol–water partition coefficient (Wildman–Crippen LogP) is 3.22. The van der Waals surface area contributed by atoms with Gasteiger partial charge in [-0.3, -0.25) is 9.59 Å². The third-order valence-corrected chi connectivity index (χ3v) is 6.91. The molecule has 2 aromatic heterocycles. The number of aromatic nitrogens is 2. The maximum atomic E-state index is 12.9. The number of likely N-dealkylation sites (tertiary alicyclic amines) is 1. The molecule has 0 aliphatic carbocycles. The van der Waals surface area contributed by atoms with Crippen LogP contribution in [-0.2, 0) is 14.3 Å². The molecule has 160 valence electrons. The Morgan fingerprint density at radius 3 is 2.37 bits per heavy atom. The first-order valence-corrected chi connectivity index (χ1v) is 11.6. The summed E-state index contributed by atoms with van der Waals surface area (Å²) in [5.74, 6) is 0.974. The Kier molecular flexibility index (Phi) is 6.62. The molecule has 7 nitrogen and oxygen atoms in total. The number of hydrogen-bond acceptors (Lipinski definition) is 7. The van der Waals surface area contributed by atoms with Gasteiger partial charge >= 0.3 is 5.97 Å². The molecule has 2 aromatic rings. The Balaban J connectivity index is 1.26. The van der Waals surface area contributed by atoms with Crippen molar-refractivity contribution in [2.24, 2.45) is 11.8 Å². The molecule has 30 heavy (non-hydrogen) atoms. The highest BCUT2D eigenvalue weighted by Crippen LogP contribution is 2.27. The van der Waals surface area contributed by atoms with Gasteiger partial charge < -0.3 is 14.5 Å². The van der Waals surface area contributed by atoms with Crippen molar-refractivity contribution in [3.05, 3.63) is 29.6 Å². The summed E-state index contributed by atoms with van der Waals surface area (Å²) in [7, 11) is 0. The van der Waals surface area contributed by atoms with Gasteiger partial charge in [0, 0.05) is 32.1 Å². The molecule has 0 radical (unpaired) electrons. The highest BCUT2D eigenvalue weighted by Gasteiger charge is 2.33. The number of ether oxygens (including phenoxy) is 1. The molecule has 0 aromatic carbocycles. The average molecular weight is 429 g/mol. The van der Waals surface area contributed by atoms with Crippen molar-refractivity contribution in [2.75, 3.05) is 37.7 Å². The fourth-order valence-electron chi connectivity index (χ4n) is 4.26. The fraction of sp³-hybridized carbons (Fsp3) is 0.545. The van der Waals surface area contributed by atoms with E-state index in [2.05, 4.69) is 15.1 Å². The monoisotopic (exact) mass is 428 g/mol. The standard InChI is InChI=1S/C22H28N4O3S/c1-2-29-22(28)17-9-13-26(14-10-17)21(27)16-7-11-25(12-8-16)20-6-5-18(23-24-20)19-4-3-15-30-19/h3-6,15-17H,2,7-14H2,1H3. The fourth-order valence-corrected chi connectivity index (χ4v) is 4.95. The Bertz CT molecular complexity index is 840. The topological polar surface area (TPSA) is 75.6 Å². The van der Waals surface area contributed by atoms with Crippen LogP contribution >= 0.6 is 11.3 Å². The lowest BCUT2D eigenvalue weighted by Gasteiger charge is -2.37. The first-order chi connectivity index (χ1) is 14.7. The van der Waals surface area contributed by atoms with E-state index in [0.29, 0.717) is 32.5 Å². The average Bonchev–Trinajstić information content (AvgIpc) is 3.34. The van der Waals surface area contributed by atoms with Gasteiger partial charge in [-0.05, 0) is 56.2 Å². The number of carbonyl (C=O) groups is 2. The van der Waals surface area contributed by atoms with E-state index in [4.69, 9.17) is 4.74 Å². The zero-order valence-corrected chi connectivity index (χ0v) is 18.1. The molecule has 2 aliphatic heterocycles. The Labute approximate surface area is 181 Å². The zero-order valence-electron chi connectivity index (χ0n) is 17.3. The summed E-state index contributed by atoms with van der Waals surface area (Å²) in [6.07, 6.45) is 3.06. The highest BCUT2D eigenvalue weighted by molar-refractivity contribution is 7.13. The Morgan fingerprint density at radius 2 is 1.77 bits per heavy atom. The molecule has 0 saturated carbocycles. The van der Waals surface area contributed by atoms with Crippen molar-refractivity contribution in [3.8, 4) is 10.6 Å². The van der Waals surface area contributed by atoms with Gasteiger partial charge in [-0.1, -0.05) is 6.07 Å². The van der Waals surface area contributed by atoms with Crippen LogP contribution in [0, 0.1) is 11.8 Å². The first-order valence-electron chi connectivity index (χ1n) is 10.7. The summed E-state index contributed by atoms with van der Waals surface area (Å²) < 4.78 is 5.12. The van der Waals surface area contributed by atoms with Crippen molar-refractivity contribution in [1.82, 2.24) is 15.1 Å². The van der Waals surface area contributed by atoms with Gasteiger partial charge in [-0.15, -0.1) is 21.5 Å². The van der Waals surface area contributed by atoms with E-state index >= 15 is 0 Å². The van der Waals surface area contributed by atoms with Gasteiger partial charge in [-0.25, -0.2) is 0 Å². The minimum Gasteiger partial charge on any atom is -0.466 e. The lowest BCUT2D eigenvalue weighted by molar-refractivity contribution is -0.151. The van der Waals surface area contributed by atoms with E-state index in [-0.39, 0.29) is 23.7 Å². The lowest BCUT2D eigenvalue weighted by atomic mass is 9.92. The predicted molar refractivity (Wildman–Crippen MR) is 116 cm³/mol. The van der Waals surface area contributed by atoms with Crippen LogP contribution in [-0.4, -0.2) is 59.8 Å². The summed E-state index contributed by atoms with van der Waals surface area (Å²) in [5, 5.41) is 10.8. The Morgan fingerprint density at radius 1 is 1.03 bits per heavy atom. The molecule has 4 heterocycles. The van der Waals surface area contributed by atoms with Crippen LogP contribution in [0.25, 0.3) is 10.6 Å². The second kappa shape index (κ2) is 9.55. The molecule has 2 saturated heterocycles. The largest absolute Gasteiger partial charge is 0.466 e. The second-order valence-corrected chi connectivity index (χ2v) is 8.81. The van der Waals surface area contributed by atoms with Crippen molar-refractivity contribution in [1.29, 1.82) is 0 Å². The van der Waals surface area contributed by atoms with Gasteiger partial charge in [0.15, 0.2) is 5.82 Å². The van der Waals surface area contributed by atoms with E-state index in [9.17, 15) is 9.59 Å². The molecule has 0 bridgehead atoms. The molecular formula is C22H28N4O3S. The molecule has 1 amide bonds. The summed E-state index contributed by atoms with van der Waals surface area (Å²) in [6.45, 7) is 5.16. The number of amides is 1. The lowest BCUT2D eigenvalue weighted by Crippen LogP contribution is -2.46. The molecule has 2 fully saturated rings. The number of esters is 1. The minimum atomic E-state index is -0.121. The van der Waals surface area contributed by atoms with E-state index < -0.39 is 0 Å². The highest BCUT2D eigenvalue weighted by atomic mass is 32.1. The van der Waals surface area contributed by atoms with E-state index in [1.165, 1.54) is 0 Å². The van der Waals surface area contributed by atoms with Gasteiger partial charge in [-0.2, -0.15) is 0 Å². The number of carbonyl (C=O) groups excluding carboxylic acids is 2. The number of anilines is 1. The summed E-state index contributed by atoms with van der Waals surface area (Å²) in [5.41, 5.74) is 0.894. The van der Waals surface area contributed by atoms with Crippen LogP contribution < -0.4 is 4.90 Å². The van der Waals surface area contributed by atoms with E-state index in [0.717, 1.165) is 42.3 Å². The maximum absolute atomic E-state index is 12.9. The molecule has 0 unspecified atom stereocenters. The number of piperidine rings is 2. The summed E-state index contributed by atoms with van der Waals surface area (Å²) >= 11 is 1.65. The summed E-state index contributed by atoms with van der Waals surface area (Å²) in [6, 6.07) is 8.08. The smallest absolute Gasteiger partial charge is 0.309 e. The summed E-state index contributed by atoms with van der Waals surface area (Å²) in [4.78, 5) is 30.1. The van der Waals surface area contributed by atoms with Crippen molar-refractivity contribution < 1.29 is 14.3 Å². The maximum Gasteiger partial charge on any atom is 0.309 e. The van der Waals surface area contributed by atoms with Crippen LogP contribution in [0.3, 0.4) is 0 Å². The quantitative estimate of drug-likeness (QED) is 0.681. The second-order valence-electron chi connectivity index (χ2n) is 7.87. The van der Waals surface area contributed by atoms with Crippen LogP contribution in [0.1, 0.15) is 32.6 Å². The molecule has 0 spiro atoms. The van der Waals surface area contributed by atoms with Crippen LogP contribution in [0.4, 0.5) is 5.82 Å². The molecular weight excluding hydrogens is 400 g/mol. The SMILES string of the molecule is CCOC(=O)C1CCN(C(=O)C2CCN(c3ccc(-c4cccs4)nn3)CC2)CC1. The van der Waals surface area contributed by atoms with Crippen molar-refractivity contribution in [3.63, 3.8) is 0 Å².